The SMILES string of the molecule is CC1(C)OC2C(OCc3ccccc3)[C@@H]([C@@H](O)C#N)O[C@@H]2O1. The molecule has 0 aliphatic carbocycles. The lowest BCUT2D eigenvalue weighted by Gasteiger charge is -2.26. The van der Waals surface area contributed by atoms with Gasteiger partial charge in [0.25, 0.3) is 0 Å². The number of hydrogen-bond acceptors (Lipinski definition) is 6. The van der Waals surface area contributed by atoms with Crippen LogP contribution in [-0.2, 0) is 25.6 Å². The maximum atomic E-state index is 9.83. The number of fused-ring (bicyclic) bond motifs is 1. The maximum absolute atomic E-state index is 9.83. The van der Waals surface area contributed by atoms with Crippen LogP contribution < -0.4 is 0 Å². The lowest BCUT2D eigenvalue weighted by atomic mass is 10.1. The van der Waals surface area contributed by atoms with Crippen LogP contribution in [0.1, 0.15) is 19.4 Å². The molecule has 0 amide bonds. The van der Waals surface area contributed by atoms with Crippen molar-refractivity contribution in [2.45, 2.75) is 56.9 Å². The minimum atomic E-state index is -1.29. The monoisotopic (exact) mass is 305 g/mol. The van der Waals surface area contributed by atoms with E-state index in [9.17, 15) is 5.11 Å². The molecule has 1 aromatic rings. The molecular formula is C16H19NO5. The van der Waals surface area contributed by atoms with Gasteiger partial charge in [0.15, 0.2) is 18.2 Å². The Morgan fingerprint density at radius 2 is 2.05 bits per heavy atom. The first-order valence-corrected chi connectivity index (χ1v) is 7.24. The molecule has 6 heteroatoms. The molecule has 0 aromatic heterocycles. The van der Waals surface area contributed by atoms with E-state index in [1.807, 2.05) is 30.3 Å². The number of benzene rings is 1. The summed E-state index contributed by atoms with van der Waals surface area (Å²) in [6.07, 6.45) is -3.75. The molecule has 2 fully saturated rings. The lowest BCUT2D eigenvalue weighted by Crippen LogP contribution is -2.42. The van der Waals surface area contributed by atoms with Gasteiger partial charge in [-0.3, -0.25) is 0 Å². The molecule has 0 bridgehead atoms. The zero-order valence-electron chi connectivity index (χ0n) is 12.5. The van der Waals surface area contributed by atoms with E-state index in [0.29, 0.717) is 6.61 Å². The first-order valence-electron chi connectivity index (χ1n) is 7.24. The number of aliphatic hydroxyl groups excluding tert-OH is 1. The zero-order valence-corrected chi connectivity index (χ0v) is 12.5. The Hall–Kier alpha value is -1.49. The Labute approximate surface area is 129 Å². The quantitative estimate of drug-likeness (QED) is 0.845. The molecule has 3 rings (SSSR count). The van der Waals surface area contributed by atoms with Crippen LogP contribution in [0, 0.1) is 11.3 Å². The Morgan fingerprint density at radius 1 is 1.32 bits per heavy atom. The molecule has 1 aromatic carbocycles. The normalized spacial score (nSPS) is 34.1. The van der Waals surface area contributed by atoms with Crippen molar-refractivity contribution >= 4 is 0 Å². The van der Waals surface area contributed by atoms with E-state index in [1.165, 1.54) is 0 Å². The summed E-state index contributed by atoms with van der Waals surface area (Å²) in [4.78, 5) is 0. The summed E-state index contributed by atoms with van der Waals surface area (Å²) in [5, 5.41) is 18.8. The summed E-state index contributed by atoms with van der Waals surface area (Å²) in [5.41, 5.74) is 0.995. The van der Waals surface area contributed by atoms with E-state index in [2.05, 4.69) is 0 Å². The molecule has 2 aliphatic rings. The molecule has 118 valence electrons. The van der Waals surface area contributed by atoms with Gasteiger partial charge >= 0.3 is 0 Å². The van der Waals surface area contributed by atoms with Crippen LogP contribution in [0.3, 0.4) is 0 Å². The van der Waals surface area contributed by atoms with E-state index >= 15 is 0 Å². The molecule has 22 heavy (non-hydrogen) atoms. The van der Waals surface area contributed by atoms with Crippen molar-refractivity contribution in [3.8, 4) is 6.07 Å². The van der Waals surface area contributed by atoms with Gasteiger partial charge in [-0.25, -0.2) is 0 Å². The molecule has 5 atom stereocenters. The van der Waals surface area contributed by atoms with E-state index in [-0.39, 0.29) is 0 Å². The molecule has 2 saturated heterocycles. The first-order chi connectivity index (χ1) is 10.5. The zero-order chi connectivity index (χ0) is 15.7. The van der Waals surface area contributed by atoms with Crippen molar-refractivity contribution in [3.05, 3.63) is 35.9 Å². The van der Waals surface area contributed by atoms with Crippen LogP contribution >= 0.6 is 0 Å². The smallest absolute Gasteiger partial charge is 0.190 e. The summed E-state index contributed by atoms with van der Waals surface area (Å²) in [5.74, 6) is -0.772. The summed E-state index contributed by atoms with van der Waals surface area (Å²) in [7, 11) is 0. The summed E-state index contributed by atoms with van der Waals surface area (Å²) in [6, 6.07) is 11.4. The second-order valence-electron chi connectivity index (χ2n) is 5.90. The minimum Gasteiger partial charge on any atom is -0.375 e. The fourth-order valence-electron chi connectivity index (χ4n) is 2.79. The number of nitriles is 1. The molecule has 0 saturated carbocycles. The number of aliphatic hydroxyl groups is 1. The van der Waals surface area contributed by atoms with E-state index < -0.39 is 36.5 Å². The molecule has 0 radical (unpaired) electrons. The van der Waals surface area contributed by atoms with Gasteiger partial charge in [-0.15, -0.1) is 0 Å². The van der Waals surface area contributed by atoms with Crippen molar-refractivity contribution in [1.29, 1.82) is 5.26 Å². The van der Waals surface area contributed by atoms with Crippen LogP contribution in [0.5, 0.6) is 0 Å². The van der Waals surface area contributed by atoms with Crippen molar-refractivity contribution in [2.75, 3.05) is 0 Å². The Balaban J connectivity index is 1.73. The average Bonchev–Trinajstić information content (AvgIpc) is 2.97. The second kappa shape index (κ2) is 5.95. The van der Waals surface area contributed by atoms with Crippen LogP contribution in [0.15, 0.2) is 30.3 Å². The Bertz CT molecular complexity index is 555. The summed E-state index contributed by atoms with van der Waals surface area (Å²) >= 11 is 0. The second-order valence-corrected chi connectivity index (χ2v) is 5.90. The Morgan fingerprint density at radius 3 is 2.73 bits per heavy atom. The highest BCUT2D eigenvalue weighted by Gasteiger charge is 2.57. The first kappa shape index (κ1) is 15.4. The van der Waals surface area contributed by atoms with Crippen molar-refractivity contribution in [1.82, 2.24) is 0 Å². The molecular weight excluding hydrogens is 286 g/mol. The fraction of sp³-hybridized carbons (Fsp3) is 0.562. The molecule has 1 N–H and O–H groups in total. The fourth-order valence-corrected chi connectivity index (χ4v) is 2.79. The standard InChI is InChI=1S/C16H19NO5/c1-16(2)21-14-13(19-9-10-6-4-3-5-7-10)12(11(18)8-17)20-15(14)22-16/h3-7,11-15,18H,9H2,1-2H3/t11-,12+,13?,14?,15+/m0/s1. The van der Waals surface area contributed by atoms with E-state index in [1.54, 1.807) is 19.9 Å². The van der Waals surface area contributed by atoms with Crippen molar-refractivity contribution < 1.29 is 24.1 Å². The number of ether oxygens (including phenoxy) is 4. The highest BCUT2D eigenvalue weighted by atomic mass is 16.8. The lowest BCUT2D eigenvalue weighted by molar-refractivity contribution is -0.227. The van der Waals surface area contributed by atoms with Gasteiger partial charge in [0.05, 0.1) is 12.7 Å². The third kappa shape index (κ3) is 3.00. The van der Waals surface area contributed by atoms with Crippen LogP contribution in [0.2, 0.25) is 0 Å². The van der Waals surface area contributed by atoms with Crippen LogP contribution in [-0.4, -0.2) is 41.6 Å². The third-order valence-corrected chi connectivity index (χ3v) is 3.76. The molecule has 2 unspecified atom stereocenters. The van der Waals surface area contributed by atoms with E-state index in [4.69, 9.17) is 24.2 Å². The molecule has 2 heterocycles. The van der Waals surface area contributed by atoms with Crippen LogP contribution in [0.4, 0.5) is 0 Å². The third-order valence-electron chi connectivity index (χ3n) is 3.76. The van der Waals surface area contributed by atoms with Gasteiger partial charge in [0, 0.05) is 0 Å². The van der Waals surface area contributed by atoms with Crippen LogP contribution in [0.25, 0.3) is 0 Å². The molecule has 0 spiro atoms. The number of nitrogens with zero attached hydrogens (tertiary/aromatic N) is 1. The van der Waals surface area contributed by atoms with Crippen molar-refractivity contribution in [3.63, 3.8) is 0 Å². The molecule has 6 nitrogen and oxygen atoms in total. The van der Waals surface area contributed by atoms with E-state index in [0.717, 1.165) is 5.56 Å². The average molecular weight is 305 g/mol. The number of hydrogen-bond donors (Lipinski definition) is 1. The molecule has 2 aliphatic heterocycles. The highest BCUT2D eigenvalue weighted by Crippen LogP contribution is 2.39. The Kier molecular flexibility index (Phi) is 4.17. The van der Waals surface area contributed by atoms with Crippen molar-refractivity contribution in [2.24, 2.45) is 0 Å². The van der Waals surface area contributed by atoms with Gasteiger partial charge in [0.1, 0.15) is 18.3 Å². The predicted octanol–water partition coefficient (Wildman–Crippen LogP) is 1.33. The summed E-state index contributed by atoms with van der Waals surface area (Å²) in [6.45, 7) is 3.92. The topological polar surface area (TPSA) is 80.9 Å². The predicted molar refractivity (Wildman–Crippen MR) is 75.3 cm³/mol. The van der Waals surface area contributed by atoms with Gasteiger partial charge in [-0.2, -0.15) is 5.26 Å². The maximum Gasteiger partial charge on any atom is 0.190 e. The largest absolute Gasteiger partial charge is 0.375 e. The highest BCUT2D eigenvalue weighted by molar-refractivity contribution is 5.14. The van der Waals surface area contributed by atoms with Gasteiger partial charge in [0.2, 0.25) is 0 Å². The number of rotatable bonds is 4. The van der Waals surface area contributed by atoms with Gasteiger partial charge < -0.3 is 24.1 Å². The minimum absolute atomic E-state index is 0.344. The van der Waals surface area contributed by atoms with Gasteiger partial charge in [-0.05, 0) is 19.4 Å². The van der Waals surface area contributed by atoms with Gasteiger partial charge in [-0.1, -0.05) is 30.3 Å². The summed E-state index contributed by atoms with van der Waals surface area (Å²) < 4.78 is 23.0.